The molecule has 3 heterocycles. The van der Waals surface area contributed by atoms with E-state index in [4.69, 9.17) is 9.26 Å². The Morgan fingerprint density at radius 3 is 2.82 bits per heavy atom. The molecular weight excluding hydrogens is 282 g/mol. The Morgan fingerprint density at radius 2 is 2.09 bits per heavy atom. The molecule has 22 heavy (non-hydrogen) atoms. The maximum Gasteiger partial charge on any atom is 0.225 e. The fraction of sp³-hybridized carbons (Fsp3) is 0.812. The molecule has 0 aromatic carbocycles. The van der Waals surface area contributed by atoms with E-state index in [-0.39, 0.29) is 18.1 Å². The molecule has 6 heteroatoms. The highest BCUT2D eigenvalue weighted by molar-refractivity contribution is 5.79. The molecule has 1 aromatic rings. The second kappa shape index (κ2) is 5.65. The third-order valence-electron chi connectivity index (χ3n) is 5.40. The van der Waals surface area contributed by atoms with E-state index < -0.39 is 0 Å². The lowest BCUT2D eigenvalue weighted by Crippen LogP contribution is -2.47. The number of hydrogen-bond donors (Lipinski definition) is 0. The van der Waals surface area contributed by atoms with Crippen LogP contribution in [0.3, 0.4) is 0 Å². The molecule has 0 spiro atoms. The van der Waals surface area contributed by atoms with Crippen LogP contribution in [-0.4, -0.2) is 40.1 Å². The predicted octanol–water partition coefficient (Wildman–Crippen LogP) is 2.25. The summed E-state index contributed by atoms with van der Waals surface area (Å²) in [6, 6.07) is 0. The average molecular weight is 305 g/mol. The quantitative estimate of drug-likeness (QED) is 0.838. The molecule has 0 radical (unpaired) electrons. The van der Waals surface area contributed by atoms with Crippen molar-refractivity contribution in [2.24, 2.45) is 11.8 Å². The smallest absolute Gasteiger partial charge is 0.225 e. The molecule has 3 atom stereocenters. The van der Waals surface area contributed by atoms with Crippen LogP contribution in [0.25, 0.3) is 0 Å². The van der Waals surface area contributed by atoms with Gasteiger partial charge in [0.2, 0.25) is 17.6 Å². The van der Waals surface area contributed by atoms with Crippen LogP contribution in [0.1, 0.15) is 56.3 Å². The minimum Gasteiger partial charge on any atom is -0.365 e. The highest BCUT2D eigenvalue weighted by Crippen LogP contribution is 2.40. The van der Waals surface area contributed by atoms with Crippen LogP contribution >= 0.6 is 0 Å². The SMILES string of the molecule is Cc1nc([C@@H]2C[C@H]3CCN(C(=O)C4CCCC4)C[C@@H]3O2)no1. The summed E-state index contributed by atoms with van der Waals surface area (Å²) in [6.45, 7) is 3.39. The van der Waals surface area contributed by atoms with Crippen molar-refractivity contribution >= 4 is 5.91 Å². The molecule has 3 fully saturated rings. The molecule has 3 aliphatic rings. The number of piperidine rings is 1. The summed E-state index contributed by atoms with van der Waals surface area (Å²) in [5, 5.41) is 3.98. The molecule has 0 bridgehead atoms. The van der Waals surface area contributed by atoms with Crippen molar-refractivity contribution in [2.75, 3.05) is 13.1 Å². The van der Waals surface area contributed by atoms with Crippen molar-refractivity contribution in [2.45, 2.75) is 57.7 Å². The van der Waals surface area contributed by atoms with E-state index in [1.54, 1.807) is 6.92 Å². The van der Waals surface area contributed by atoms with Crippen LogP contribution in [0.2, 0.25) is 0 Å². The number of nitrogens with zero attached hydrogens (tertiary/aromatic N) is 3. The van der Waals surface area contributed by atoms with Gasteiger partial charge >= 0.3 is 0 Å². The van der Waals surface area contributed by atoms with Gasteiger partial charge in [0.1, 0.15) is 6.10 Å². The summed E-state index contributed by atoms with van der Waals surface area (Å²) in [7, 11) is 0. The van der Waals surface area contributed by atoms with Crippen molar-refractivity contribution in [3.8, 4) is 0 Å². The van der Waals surface area contributed by atoms with Gasteiger partial charge in [-0.15, -0.1) is 0 Å². The zero-order valence-corrected chi connectivity index (χ0v) is 13.0. The average Bonchev–Trinajstić information content (AvgIpc) is 3.25. The fourth-order valence-electron chi connectivity index (χ4n) is 4.17. The first kappa shape index (κ1) is 14.2. The Balaban J connectivity index is 1.40. The van der Waals surface area contributed by atoms with E-state index in [0.717, 1.165) is 38.8 Å². The Kier molecular flexibility index (Phi) is 3.64. The summed E-state index contributed by atoms with van der Waals surface area (Å²) < 4.78 is 11.2. The zero-order chi connectivity index (χ0) is 15.1. The molecule has 1 aromatic heterocycles. The Hall–Kier alpha value is -1.43. The second-order valence-corrected chi connectivity index (χ2v) is 6.88. The maximum absolute atomic E-state index is 12.6. The number of hydrogen-bond acceptors (Lipinski definition) is 5. The molecule has 120 valence electrons. The number of aromatic nitrogens is 2. The first-order valence-electron chi connectivity index (χ1n) is 8.45. The molecule has 1 saturated carbocycles. The van der Waals surface area contributed by atoms with Gasteiger partial charge in [0.05, 0.1) is 6.10 Å². The number of aryl methyl sites for hydroxylation is 1. The summed E-state index contributed by atoms with van der Waals surface area (Å²) in [6.07, 6.45) is 6.55. The number of carbonyl (C=O) groups excluding carboxylic acids is 1. The Morgan fingerprint density at radius 1 is 1.27 bits per heavy atom. The molecule has 4 rings (SSSR count). The lowest BCUT2D eigenvalue weighted by molar-refractivity contribution is -0.139. The molecular formula is C16H23N3O3. The molecule has 1 amide bonds. The van der Waals surface area contributed by atoms with Gasteiger partial charge in [0.25, 0.3) is 0 Å². The van der Waals surface area contributed by atoms with E-state index in [1.807, 2.05) is 4.90 Å². The zero-order valence-electron chi connectivity index (χ0n) is 13.0. The number of rotatable bonds is 2. The van der Waals surface area contributed by atoms with Gasteiger partial charge in [-0.05, 0) is 31.6 Å². The molecule has 6 nitrogen and oxygen atoms in total. The van der Waals surface area contributed by atoms with Gasteiger partial charge < -0.3 is 14.2 Å². The van der Waals surface area contributed by atoms with Gasteiger partial charge in [-0.3, -0.25) is 4.79 Å². The van der Waals surface area contributed by atoms with Crippen LogP contribution in [0.15, 0.2) is 4.52 Å². The van der Waals surface area contributed by atoms with Crippen molar-refractivity contribution < 1.29 is 14.1 Å². The van der Waals surface area contributed by atoms with E-state index >= 15 is 0 Å². The minimum atomic E-state index is -0.0750. The molecule has 0 N–H and O–H groups in total. The van der Waals surface area contributed by atoms with E-state index in [2.05, 4.69) is 10.1 Å². The standard InChI is InChI=1S/C16H23N3O3/c1-10-17-15(18-22-10)13-8-12-6-7-19(9-14(12)21-13)16(20)11-4-2-3-5-11/h11-14H,2-9H2,1H3/t12-,13+,14+/m1/s1. The van der Waals surface area contributed by atoms with Crippen molar-refractivity contribution in [1.82, 2.24) is 15.0 Å². The van der Waals surface area contributed by atoms with Crippen LogP contribution in [-0.2, 0) is 9.53 Å². The number of carbonyl (C=O) groups is 1. The van der Waals surface area contributed by atoms with Crippen molar-refractivity contribution in [1.29, 1.82) is 0 Å². The Bertz CT molecular complexity index is 553. The third-order valence-corrected chi connectivity index (χ3v) is 5.40. The fourth-order valence-corrected chi connectivity index (χ4v) is 4.17. The summed E-state index contributed by atoms with van der Waals surface area (Å²) in [4.78, 5) is 18.9. The topological polar surface area (TPSA) is 68.5 Å². The normalized spacial score (nSPS) is 32.4. The lowest BCUT2D eigenvalue weighted by Gasteiger charge is -2.35. The van der Waals surface area contributed by atoms with Crippen LogP contribution in [0.5, 0.6) is 0 Å². The summed E-state index contributed by atoms with van der Waals surface area (Å²) >= 11 is 0. The van der Waals surface area contributed by atoms with E-state index in [0.29, 0.717) is 23.5 Å². The second-order valence-electron chi connectivity index (χ2n) is 6.88. The lowest BCUT2D eigenvalue weighted by atomic mass is 9.91. The van der Waals surface area contributed by atoms with Gasteiger partial charge in [-0.25, -0.2) is 0 Å². The first-order chi connectivity index (χ1) is 10.7. The van der Waals surface area contributed by atoms with E-state index in [1.165, 1.54) is 12.8 Å². The van der Waals surface area contributed by atoms with Gasteiger partial charge in [-0.2, -0.15) is 4.98 Å². The number of amides is 1. The summed E-state index contributed by atoms with van der Waals surface area (Å²) in [5.41, 5.74) is 0. The third kappa shape index (κ3) is 2.53. The molecule has 0 unspecified atom stereocenters. The monoisotopic (exact) mass is 305 g/mol. The maximum atomic E-state index is 12.6. The van der Waals surface area contributed by atoms with Crippen LogP contribution in [0, 0.1) is 18.8 Å². The predicted molar refractivity (Wildman–Crippen MR) is 77.9 cm³/mol. The van der Waals surface area contributed by atoms with Gasteiger partial charge in [-0.1, -0.05) is 18.0 Å². The first-order valence-corrected chi connectivity index (χ1v) is 8.45. The van der Waals surface area contributed by atoms with Crippen LogP contribution in [0.4, 0.5) is 0 Å². The summed E-state index contributed by atoms with van der Waals surface area (Å²) in [5.74, 6) is 2.34. The molecule has 1 aliphatic carbocycles. The molecule has 2 aliphatic heterocycles. The molecule has 2 saturated heterocycles. The minimum absolute atomic E-state index is 0.0750. The largest absolute Gasteiger partial charge is 0.365 e. The highest BCUT2D eigenvalue weighted by atomic mass is 16.5. The van der Waals surface area contributed by atoms with Crippen molar-refractivity contribution in [3.05, 3.63) is 11.7 Å². The van der Waals surface area contributed by atoms with E-state index in [9.17, 15) is 4.79 Å². The van der Waals surface area contributed by atoms with Gasteiger partial charge in [0, 0.05) is 25.9 Å². The number of ether oxygens (including phenoxy) is 1. The van der Waals surface area contributed by atoms with Gasteiger partial charge in [0.15, 0.2) is 0 Å². The Labute approximate surface area is 130 Å². The number of fused-ring (bicyclic) bond motifs is 1. The highest BCUT2D eigenvalue weighted by Gasteiger charge is 2.43. The van der Waals surface area contributed by atoms with Crippen LogP contribution < -0.4 is 0 Å². The number of likely N-dealkylation sites (tertiary alicyclic amines) is 1. The van der Waals surface area contributed by atoms with Crippen molar-refractivity contribution in [3.63, 3.8) is 0 Å².